The summed E-state index contributed by atoms with van der Waals surface area (Å²) in [6, 6.07) is 3.16. The Kier molecular flexibility index (Phi) is 3.39. The maximum atomic E-state index is 13.7. The van der Waals surface area contributed by atoms with Crippen molar-refractivity contribution in [1.82, 2.24) is 4.90 Å². The lowest BCUT2D eigenvalue weighted by atomic mass is 10.1. The van der Waals surface area contributed by atoms with Gasteiger partial charge in [0.25, 0.3) is 0 Å². The van der Waals surface area contributed by atoms with Crippen LogP contribution in [0.25, 0.3) is 0 Å². The maximum absolute atomic E-state index is 13.7. The number of carbonyl (C=O) groups excluding carboxylic acids is 1. The Morgan fingerprint density at radius 1 is 1.29 bits per heavy atom. The molecule has 1 aromatic carbocycles. The van der Waals surface area contributed by atoms with E-state index in [1.807, 2.05) is 0 Å². The molecule has 6 heteroatoms. The Morgan fingerprint density at radius 3 is 2.76 bits per heavy atom. The Hall–Kier alpha value is -1.98. The van der Waals surface area contributed by atoms with Crippen molar-refractivity contribution in [3.8, 4) is 0 Å². The van der Waals surface area contributed by atoms with Gasteiger partial charge < -0.3 is 10.0 Å². The second kappa shape index (κ2) is 5.09. The van der Waals surface area contributed by atoms with Crippen LogP contribution in [0.5, 0.6) is 0 Å². The summed E-state index contributed by atoms with van der Waals surface area (Å²) >= 11 is 0. The van der Waals surface area contributed by atoms with Gasteiger partial charge in [-0.3, -0.25) is 4.79 Å². The number of hydrogen-bond acceptors (Lipinski definition) is 2. The van der Waals surface area contributed by atoms with Crippen molar-refractivity contribution in [2.24, 2.45) is 5.92 Å². The molecule has 1 aliphatic carbocycles. The first kappa shape index (κ1) is 14.0. The molecule has 4 nitrogen and oxygen atoms in total. The minimum atomic E-state index is -1.00. The maximum Gasteiger partial charge on any atom is 0.326 e. The molecule has 0 spiro atoms. The number of nitrogens with zero attached hydrogens (tertiary/aromatic N) is 1. The molecule has 0 bridgehead atoms. The monoisotopic (exact) mass is 295 g/mol. The molecular formula is C15H15F2NO3. The first-order valence-corrected chi connectivity index (χ1v) is 6.98. The smallest absolute Gasteiger partial charge is 0.326 e. The van der Waals surface area contributed by atoms with E-state index in [1.165, 1.54) is 17.0 Å². The van der Waals surface area contributed by atoms with Gasteiger partial charge in [-0.1, -0.05) is 12.1 Å². The van der Waals surface area contributed by atoms with E-state index in [-0.39, 0.29) is 17.4 Å². The summed E-state index contributed by atoms with van der Waals surface area (Å²) < 4.78 is 26.9. The number of rotatable bonds is 3. The Balaban J connectivity index is 1.74. The summed E-state index contributed by atoms with van der Waals surface area (Å²) in [5.41, 5.74) is 0.208. The van der Waals surface area contributed by atoms with E-state index in [0.29, 0.717) is 25.8 Å². The lowest BCUT2D eigenvalue weighted by Gasteiger charge is -2.21. The summed E-state index contributed by atoms with van der Waals surface area (Å²) in [7, 11) is 0. The van der Waals surface area contributed by atoms with E-state index >= 15 is 0 Å². The molecule has 0 aromatic heterocycles. The molecule has 1 heterocycles. The molecule has 1 saturated heterocycles. The van der Waals surface area contributed by atoms with Crippen molar-refractivity contribution in [1.29, 1.82) is 0 Å². The van der Waals surface area contributed by atoms with Crippen molar-refractivity contribution >= 4 is 11.9 Å². The standard InChI is InChI=1S/C15H15F2NO3/c16-11-4-1-3-8(13(11)17)9-7-10(9)14(19)18-6-2-5-12(18)15(20)21/h1,3-4,9-10,12H,2,5-7H2,(H,20,21). The van der Waals surface area contributed by atoms with Crippen LogP contribution in [-0.2, 0) is 9.59 Å². The summed E-state index contributed by atoms with van der Waals surface area (Å²) in [6.07, 6.45) is 1.56. The summed E-state index contributed by atoms with van der Waals surface area (Å²) in [5, 5.41) is 9.09. The van der Waals surface area contributed by atoms with Crippen LogP contribution >= 0.6 is 0 Å². The summed E-state index contributed by atoms with van der Waals surface area (Å²) in [4.78, 5) is 24.8. The van der Waals surface area contributed by atoms with Crippen LogP contribution in [-0.4, -0.2) is 34.5 Å². The van der Waals surface area contributed by atoms with E-state index in [1.54, 1.807) is 0 Å². The predicted octanol–water partition coefficient (Wildman–Crippen LogP) is 2.14. The average Bonchev–Trinajstić information content (AvgIpc) is 3.07. The third kappa shape index (κ3) is 2.39. The minimum Gasteiger partial charge on any atom is -0.480 e. The average molecular weight is 295 g/mol. The van der Waals surface area contributed by atoms with Crippen LogP contribution in [0.15, 0.2) is 18.2 Å². The Morgan fingerprint density at radius 2 is 2.05 bits per heavy atom. The number of hydrogen-bond donors (Lipinski definition) is 1. The van der Waals surface area contributed by atoms with Gasteiger partial charge in [-0.2, -0.15) is 0 Å². The quantitative estimate of drug-likeness (QED) is 0.929. The number of amides is 1. The fourth-order valence-electron chi connectivity index (χ4n) is 3.12. The van der Waals surface area contributed by atoms with Crippen LogP contribution in [0.3, 0.4) is 0 Å². The molecule has 1 N–H and O–H groups in total. The van der Waals surface area contributed by atoms with Crippen LogP contribution < -0.4 is 0 Å². The van der Waals surface area contributed by atoms with Crippen molar-refractivity contribution in [3.05, 3.63) is 35.4 Å². The normalized spacial score (nSPS) is 27.7. The highest BCUT2D eigenvalue weighted by molar-refractivity contribution is 5.88. The van der Waals surface area contributed by atoms with Crippen molar-refractivity contribution in [3.63, 3.8) is 0 Å². The van der Waals surface area contributed by atoms with E-state index in [0.717, 1.165) is 6.07 Å². The SMILES string of the molecule is O=C(O)C1CCCN1C(=O)C1CC1c1cccc(F)c1F. The minimum absolute atomic E-state index is 0.208. The van der Waals surface area contributed by atoms with Gasteiger partial charge in [0.2, 0.25) is 5.91 Å². The fourth-order valence-corrected chi connectivity index (χ4v) is 3.12. The van der Waals surface area contributed by atoms with Gasteiger partial charge in [0.15, 0.2) is 11.6 Å². The predicted molar refractivity (Wildman–Crippen MR) is 69.6 cm³/mol. The second-order valence-corrected chi connectivity index (χ2v) is 5.62. The third-order valence-electron chi connectivity index (χ3n) is 4.31. The molecule has 112 valence electrons. The third-order valence-corrected chi connectivity index (χ3v) is 4.31. The molecule has 0 radical (unpaired) electrons. The van der Waals surface area contributed by atoms with Crippen molar-refractivity contribution < 1.29 is 23.5 Å². The van der Waals surface area contributed by atoms with E-state index < -0.39 is 29.6 Å². The van der Waals surface area contributed by atoms with Crippen molar-refractivity contribution in [2.75, 3.05) is 6.54 Å². The molecule has 1 saturated carbocycles. The summed E-state index contributed by atoms with van der Waals surface area (Å²) in [6.45, 7) is 0.421. The van der Waals surface area contributed by atoms with Crippen LogP contribution in [0.1, 0.15) is 30.7 Å². The molecule has 1 amide bonds. The molecular weight excluding hydrogens is 280 g/mol. The van der Waals surface area contributed by atoms with E-state index in [2.05, 4.69) is 0 Å². The zero-order chi connectivity index (χ0) is 15.1. The van der Waals surface area contributed by atoms with Gasteiger partial charge in [-0.15, -0.1) is 0 Å². The number of aliphatic carboxylic acids is 1. The Bertz CT molecular complexity index is 605. The Labute approximate surface area is 120 Å². The van der Waals surface area contributed by atoms with Crippen LogP contribution in [0.4, 0.5) is 8.78 Å². The lowest BCUT2D eigenvalue weighted by Crippen LogP contribution is -2.41. The molecule has 2 fully saturated rings. The zero-order valence-corrected chi connectivity index (χ0v) is 11.3. The first-order valence-electron chi connectivity index (χ1n) is 6.98. The molecule has 21 heavy (non-hydrogen) atoms. The second-order valence-electron chi connectivity index (χ2n) is 5.62. The zero-order valence-electron chi connectivity index (χ0n) is 11.3. The topological polar surface area (TPSA) is 57.6 Å². The molecule has 2 aliphatic rings. The number of halogens is 2. The highest BCUT2D eigenvalue weighted by atomic mass is 19.2. The van der Waals surface area contributed by atoms with Crippen LogP contribution in [0, 0.1) is 17.6 Å². The number of likely N-dealkylation sites (tertiary alicyclic amines) is 1. The van der Waals surface area contributed by atoms with Gasteiger partial charge in [0.1, 0.15) is 6.04 Å². The number of benzene rings is 1. The van der Waals surface area contributed by atoms with E-state index in [9.17, 15) is 18.4 Å². The van der Waals surface area contributed by atoms with E-state index in [4.69, 9.17) is 5.11 Å². The number of carboxylic acid groups (broad SMARTS) is 1. The van der Waals surface area contributed by atoms with Gasteiger partial charge >= 0.3 is 5.97 Å². The first-order chi connectivity index (χ1) is 10.0. The summed E-state index contributed by atoms with van der Waals surface area (Å²) in [5.74, 6) is -3.86. The number of carboxylic acids is 1. The molecule has 1 aliphatic heterocycles. The highest BCUT2D eigenvalue weighted by Gasteiger charge is 2.49. The molecule has 3 rings (SSSR count). The van der Waals surface area contributed by atoms with Gasteiger partial charge in [0.05, 0.1) is 0 Å². The highest BCUT2D eigenvalue weighted by Crippen LogP contribution is 2.50. The number of carbonyl (C=O) groups is 2. The van der Waals surface area contributed by atoms with Gasteiger partial charge in [-0.25, -0.2) is 13.6 Å². The fraction of sp³-hybridized carbons (Fsp3) is 0.467. The van der Waals surface area contributed by atoms with Crippen LogP contribution in [0.2, 0.25) is 0 Å². The lowest BCUT2D eigenvalue weighted by molar-refractivity contribution is -0.148. The van der Waals surface area contributed by atoms with Gasteiger partial charge in [0, 0.05) is 12.5 Å². The largest absolute Gasteiger partial charge is 0.480 e. The molecule has 1 aromatic rings. The van der Waals surface area contributed by atoms with Gasteiger partial charge in [-0.05, 0) is 36.8 Å². The van der Waals surface area contributed by atoms with Crippen molar-refractivity contribution in [2.45, 2.75) is 31.2 Å². The molecule has 3 atom stereocenters. The molecule has 3 unspecified atom stereocenters.